The van der Waals surface area contributed by atoms with E-state index in [0.29, 0.717) is 36.1 Å². The third-order valence-electron chi connectivity index (χ3n) is 2.49. The van der Waals surface area contributed by atoms with Crippen LogP contribution < -0.4 is 15.8 Å². The highest BCUT2D eigenvalue weighted by molar-refractivity contribution is 7.84. The first-order valence-corrected chi connectivity index (χ1v) is 7.78. The second-order valence-corrected chi connectivity index (χ2v) is 5.79. The van der Waals surface area contributed by atoms with Crippen molar-refractivity contribution < 1.29 is 8.95 Å². The molecule has 1 rings (SSSR count). The molecule has 0 aliphatic rings. The quantitative estimate of drug-likeness (QED) is 0.711. The average Bonchev–Trinajstić information content (AvgIpc) is 2.39. The Morgan fingerprint density at radius 1 is 1.39 bits per heavy atom. The van der Waals surface area contributed by atoms with Gasteiger partial charge in [-0.3, -0.25) is 4.21 Å². The molecule has 1 aromatic rings. The van der Waals surface area contributed by atoms with Crippen molar-refractivity contribution in [1.82, 2.24) is 0 Å². The Morgan fingerprint density at radius 2 is 2.17 bits per heavy atom. The topological polar surface area (TPSA) is 64.3 Å². The first-order chi connectivity index (χ1) is 8.69. The molecule has 4 nitrogen and oxygen atoms in total. The summed E-state index contributed by atoms with van der Waals surface area (Å²) < 4.78 is 16.9. The second-order valence-electron chi connectivity index (χ2n) is 3.93. The molecular weight excluding hydrogens is 248 g/mol. The number of para-hydroxylation sites is 1. The maximum absolute atomic E-state index is 11.3. The number of benzene rings is 1. The van der Waals surface area contributed by atoms with Crippen molar-refractivity contribution in [2.24, 2.45) is 0 Å². The van der Waals surface area contributed by atoms with Gasteiger partial charge in [-0.1, -0.05) is 19.9 Å². The van der Waals surface area contributed by atoms with Crippen molar-refractivity contribution in [2.45, 2.75) is 20.3 Å². The summed E-state index contributed by atoms with van der Waals surface area (Å²) >= 11 is 0. The van der Waals surface area contributed by atoms with Gasteiger partial charge in [0, 0.05) is 28.9 Å². The predicted octanol–water partition coefficient (Wildman–Crippen LogP) is 2.24. The number of hydrogen-bond acceptors (Lipinski definition) is 4. The van der Waals surface area contributed by atoms with E-state index in [1.165, 1.54) is 0 Å². The van der Waals surface area contributed by atoms with E-state index in [-0.39, 0.29) is 0 Å². The number of rotatable bonds is 8. The summed E-state index contributed by atoms with van der Waals surface area (Å²) in [6.07, 6.45) is 0.951. The van der Waals surface area contributed by atoms with Gasteiger partial charge in [0.05, 0.1) is 18.0 Å². The van der Waals surface area contributed by atoms with Crippen molar-refractivity contribution in [3.8, 4) is 5.75 Å². The molecule has 0 aromatic heterocycles. The van der Waals surface area contributed by atoms with E-state index in [4.69, 9.17) is 10.5 Å². The fourth-order valence-corrected chi connectivity index (χ4v) is 2.10. The van der Waals surface area contributed by atoms with Crippen LogP contribution in [0, 0.1) is 0 Å². The zero-order valence-corrected chi connectivity index (χ0v) is 11.9. The summed E-state index contributed by atoms with van der Waals surface area (Å²) in [5, 5.41) is 3.20. The van der Waals surface area contributed by atoms with Gasteiger partial charge in [-0.2, -0.15) is 0 Å². The van der Waals surface area contributed by atoms with Crippen LogP contribution in [-0.2, 0) is 10.8 Å². The van der Waals surface area contributed by atoms with E-state index in [2.05, 4.69) is 12.2 Å². The van der Waals surface area contributed by atoms with Crippen LogP contribution in [-0.4, -0.2) is 28.9 Å². The van der Waals surface area contributed by atoms with E-state index in [1.54, 1.807) is 0 Å². The summed E-state index contributed by atoms with van der Waals surface area (Å²) in [6.45, 7) is 5.29. The van der Waals surface area contributed by atoms with Crippen molar-refractivity contribution in [3.05, 3.63) is 18.2 Å². The number of hydrogen-bond donors (Lipinski definition) is 2. The van der Waals surface area contributed by atoms with Crippen LogP contribution in [0.3, 0.4) is 0 Å². The molecule has 0 saturated heterocycles. The van der Waals surface area contributed by atoms with Gasteiger partial charge in [0.1, 0.15) is 5.75 Å². The number of anilines is 2. The molecule has 0 saturated carbocycles. The third kappa shape index (κ3) is 4.56. The van der Waals surface area contributed by atoms with Crippen LogP contribution in [0.25, 0.3) is 0 Å². The Kier molecular flexibility index (Phi) is 6.57. The van der Waals surface area contributed by atoms with Crippen molar-refractivity contribution >= 4 is 22.2 Å². The monoisotopic (exact) mass is 270 g/mol. The smallest absolute Gasteiger partial charge is 0.144 e. The highest BCUT2D eigenvalue weighted by atomic mass is 32.2. The summed E-state index contributed by atoms with van der Waals surface area (Å²) in [7, 11) is -0.752. The van der Waals surface area contributed by atoms with Crippen LogP contribution >= 0.6 is 0 Å². The number of nitrogen functional groups attached to an aromatic ring is 1. The van der Waals surface area contributed by atoms with Crippen LogP contribution in [0.2, 0.25) is 0 Å². The van der Waals surface area contributed by atoms with Gasteiger partial charge in [-0.25, -0.2) is 0 Å². The summed E-state index contributed by atoms with van der Waals surface area (Å²) in [5.74, 6) is 2.03. The third-order valence-corrected chi connectivity index (χ3v) is 3.80. The fraction of sp³-hybridized carbons (Fsp3) is 0.538. The Hall–Kier alpha value is -1.23. The van der Waals surface area contributed by atoms with E-state index >= 15 is 0 Å². The minimum Gasteiger partial charge on any atom is -0.491 e. The number of ether oxygens (including phenoxy) is 1. The zero-order chi connectivity index (χ0) is 13.4. The molecule has 0 aliphatic heterocycles. The van der Waals surface area contributed by atoms with E-state index in [9.17, 15) is 4.21 Å². The van der Waals surface area contributed by atoms with Gasteiger partial charge in [0.25, 0.3) is 0 Å². The lowest BCUT2D eigenvalue weighted by atomic mass is 10.2. The predicted molar refractivity (Wildman–Crippen MR) is 78.7 cm³/mol. The summed E-state index contributed by atoms with van der Waals surface area (Å²) in [4.78, 5) is 0. The number of nitrogens with two attached hydrogens (primary N) is 1. The van der Waals surface area contributed by atoms with Gasteiger partial charge >= 0.3 is 0 Å². The molecule has 1 aromatic carbocycles. The Bertz CT molecular complexity index is 397. The second kappa shape index (κ2) is 7.97. The van der Waals surface area contributed by atoms with Gasteiger partial charge < -0.3 is 15.8 Å². The minimum atomic E-state index is -0.752. The highest BCUT2D eigenvalue weighted by Gasteiger charge is 2.05. The molecule has 0 amide bonds. The van der Waals surface area contributed by atoms with Gasteiger partial charge in [-0.05, 0) is 18.6 Å². The molecule has 3 N–H and O–H groups in total. The maximum Gasteiger partial charge on any atom is 0.144 e. The van der Waals surface area contributed by atoms with Gasteiger partial charge in [-0.15, -0.1) is 0 Å². The molecule has 0 heterocycles. The molecule has 18 heavy (non-hydrogen) atoms. The molecule has 0 bridgehead atoms. The largest absolute Gasteiger partial charge is 0.491 e. The first kappa shape index (κ1) is 14.8. The average molecular weight is 270 g/mol. The van der Waals surface area contributed by atoms with Crippen molar-refractivity contribution in [1.29, 1.82) is 0 Å². The highest BCUT2D eigenvalue weighted by Crippen LogP contribution is 2.29. The standard InChI is InChI=1S/C13H22N2O2S/c1-3-9-17-12-7-5-6-11(13(12)14)15-8-10-18(16)4-2/h5-7,15H,3-4,8-10,14H2,1-2H3. The molecular formula is C13H22N2O2S. The molecule has 0 aliphatic carbocycles. The van der Waals surface area contributed by atoms with Gasteiger partial charge in [0.2, 0.25) is 0 Å². The Morgan fingerprint density at radius 3 is 2.83 bits per heavy atom. The van der Waals surface area contributed by atoms with Crippen LogP contribution in [0.4, 0.5) is 11.4 Å². The molecule has 102 valence electrons. The molecule has 0 fully saturated rings. The SMILES string of the molecule is CCCOc1cccc(NCCS(=O)CC)c1N. The molecule has 0 spiro atoms. The van der Waals surface area contributed by atoms with Crippen LogP contribution in [0.5, 0.6) is 5.75 Å². The zero-order valence-electron chi connectivity index (χ0n) is 11.1. The molecule has 1 atom stereocenters. The molecule has 0 radical (unpaired) electrons. The van der Waals surface area contributed by atoms with E-state index < -0.39 is 10.8 Å². The van der Waals surface area contributed by atoms with Crippen molar-refractivity contribution in [2.75, 3.05) is 35.7 Å². The Balaban J connectivity index is 2.57. The van der Waals surface area contributed by atoms with Crippen LogP contribution in [0.15, 0.2) is 18.2 Å². The van der Waals surface area contributed by atoms with Crippen molar-refractivity contribution in [3.63, 3.8) is 0 Å². The minimum absolute atomic E-state index is 0.619. The summed E-state index contributed by atoms with van der Waals surface area (Å²) in [6, 6.07) is 5.67. The molecule has 1 unspecified atom stereocenters. The van der Waals surface area contributed by atoms with E-state index in [1.807, 2.05) is 25.1 Å². The van der Waals surface area contributed by atoms with E-state index in [0.717, 1.165) is 12.1 Å². The maximum atomic E-state index is 11.3. The lowest BCUT2D eigenvalue weighted by Crippen LogP contribution is -2.13. The lowest BCUT2D eigenvalue weighted by Gasteiger charge is -2.13. The Labute approximate surface area is 111 Å². The van der Waals surface area contributed by atoms with Gasteiger partial charge in [0.15, 0.2) is 0 Å². The fourth-order valence-electron chi connectivity index (χ4n) is 1.48. The molecule has 5 heteroatoms. The first-order valence-electron chi connectivity index (χ1n) is 6.29. The van der Waals surface area contributed by atoms with Crippen LogP contribution in [0.1, 0.15) is 20.3 Å². The lowest BCUT2D eigenvalue weighted by molar-refractivity contribution is 0.319. The summed E-state index contributed by atoms with van der Waals surface area (Å²) in [5.41, 5.74) is 7.47. The normalized spacial score (nSPS) is 12.1. The number of nitrogens with one attached hydrogen (secondary N) is 1.